The molecule has 0 atom stereocenters. The Morgan fingerprint density at radius 3 is 2.27 bits per heavy atom. The summed E-state index contributed by atoms with van der Waals surface area (Å²) in [6.07, 6.45) is 0.452. The Balaban J connectivity index is 0.00000841. The molecule has 1 rings (SSSR count). The van der Waals surface area contributed by atoms with Crippen LogP contribution in [0.15, 0.2) is 29.3 Å². The zero-order chi connectivity index (χ0) is 21.5. The van der Waals surface area contributed by atoms with E-state index in [4.69, 9.17) is 14.2 Å². The van der Waals surface area contributed by atoms with Crippen molar-refractivity contribution in [2.75, 3.05) is 40.0 Å². The van der Waals surface area contributed by atoms with E-state index in [-0.39, 0.29) is 24.0 Å². The van der Waals surface area contributed by atoms with Crippen molar-refractivity contribution in [1.29, 1.82) is 0 Å². The third kappa shape index (κ3) is 14.3. The molecule has 0 saturated heterocycles. The van der Waals surface area contributed by atoms with Crippen LogP contribution in [0.25, 0.3) is 0 Å². The molecule has 0 aliphatic heterocycles. The molecule has 3 N–H and O–H groups in total. The Morgan fingerprint density at radius 1 is 1.03 bits per heavy atom. The Kier molecular flexibility index (Phi) is 15.1. The van der Waals surface area contributed by atoms with Gasteiger partial charge in [0.25, 0.3) is 0 Å². The lowest BCUT2D eigenvalue weighted by Gasteiger charge is -2.20. The summed E-state index contributed by atoms with van der Waals surface area (Å²) in [5.74, 6) is 1.50. The Labute approximate surface area is 197 Å². The van der Waals surface area contributed by atoms with E-state index in [1.165, 1.54) is 0 Å². The summed E-state index contributed by atoms with van der Waals surface area (Å²) in [6, 6.07) is 7.80. The highest BCUT2D eigenvalue weighted by Crippen LogP contribution is 2.11. The van der Waals surface area contributed by atoms with E-state index in [0.717, 1.165) is 24.3 Å². The fourth-order valence-corrected chi connectivity index (χ4v) is 2.26. The molecule has 0 heterocycles. The quantitative estimate of drug-likeness (QED) is 0.174. The van der Waals surface area contributed by atoms with Crippen LogP contribution >= 0.6 is 24.0 Å². The molecule has 0 aliphatic rings. The number of hydrogen-bond acceptors (Lipinski definition) is 5. The van der Waals surface area contributed by atoms with E-state index in [9.17, 15) is 4.79 Å². The third-order valence-electron chi connectivity index (χ3n) is 3.63. The van der Waals surface area contributed by atoms with Crippen LogP contribution in [-0.2, 0) is 16.0 Å². The molecule has 0 radical (unpaired) electrons. The van der Waals surface area contributed by atoms with E-state index in [0.29, 0.717) is 38.8 Å². The van der Waals surface area contributed by atoms with Crippen molar-refractivity contribution in [2.24, 2.45) is 4.99 Å². The molecule has 0 aliphatic carbocycles. The van der Waals surface area contributed by atoms with Gasteiger partial charge in [-0.3, -0.25) is 0 Å². The van der Waals surface area contributed by atoms with Crippen LogP contribution in [0.3, 0.4) is 0 Å². The van der Waals surface area contributed by atoms with Crippen molar-refractivity contribution in [1.82, 2.24) is 16.0 Å². The lowest BCUT2D eigenvalue weighted by Crippen LogP contribution is -2.43. The second kappa shape index (κ2) is 16.0. The number of carbonyl (C=O) groups is 1. The molecule has 172 valence electrons. The van der Waals surface area contributed by atoms with Gasteiger partial charge >= 0.3 is 6.09 Å². The minimum absolute atomic E-state index is 0. The maximum Gasteiger partial charge on any atom is 0.407 e. The van der Waals surface area contributed by atoms with Crippen molar-refractivity contribution in [3.05, 3.63) is 29.8 Å². The SMILES string of the molecule is CCOCCCNC(=NCc1ccc(OC)cc1)NCCNC(=O)OC(C)(C)C.I. The van der Waals surface area contributed by atoms with Crippen LogP contribution in [0.1, 0.15) is 39.7 Å². The smallest absolute Gasteiger partial charge is 0.407 e. The number of carbonyl (C=O) groups excluding carboxylic acids is 1. The number of benzene rings is 1. The summed E-state index contributed by atoms with van der Waals surface area (Å²) in [5.41, 5.74) is 0.568. The van der Waals surface area contributed by atoms with Crippen molar-refractivity contribution in [3.63, 3.8) is 0 Å². The predicted octanol–water partition coefficient (Wildman–Crippen LogP) is 3.30. The van der Waals surface area contributed by atoms with E-state index in [1.807, 2.05) is 52.0 Å². The monoisotopic (exact) mass is 536 g/mol. The van der Waals surface area contributed by atoms with Crippen LogP contribution < -0.4 is 20.7 Å². The standard InChI is InChI=1S/C21H36N4O4.HI/c1-6-28-15-7-12-22-19(23-13-14-24-20(26)29-21(2,3)4)25-16-17-8-10-18(27-5)11-9-17;/h8-11H,6-7,12-16H2,1-5H3,(H,24,26)(H2,22,23,25);1H. The first-order valence-electron chi connectivity index (χ1n) is 10.0. The second-order valence-corrected chi connectivity index (χ2v) is 7.35. The van der Waals surface area contributed by atoms with Gasteiger partial charge in [0.1, 0.15) is 11.4 Å². The first kappa shape index (κ1) is 28.2. The average molecular weight is 536 g/mol. The normalized spacial score (nSPS) is 11.3. The van der Waals surface area contributed by atoms with Crippen molar-refractivity contribution >= 4 is 36.0 Å². The lowest BCUT2D eigenvalue weighted by atomic mass is 10.2. The van der Waals surface area contributed by atoms with Gasteiger partial charge in [-0.05, 0) is 51.8 Å². The number of amides is 1. The fraction of sp³-hybridized carbons (Fsp3) is 0.619. The number of guanidine groups is 1. The van der Waals surface area contributed by atoms with Gasteiger partial charge in [-0.15, -0.1) is 24.0 Å². The minimum Gasteiger partial charge on any atom is -0.497 e. The summed E-state index contributed by atoms with van der Waals surface area (Å²) in [7, 11) is 1.65. The maximum absolute atomic E-state index is 11.7. The van der Waals surface area contributed by atoms with Crippen LogP contribution in [0.5, 0.6) is 5.75 Å². The number of methoxy groups -OCH3 is 1. The summed E-state index contributed by atoms with van der Waals surface area (Å²) in [4.78, 5) is 16.3. The van der Waals surface area contributed by atoms with Gasteiger partial charge in [-0.1, -0.05) is 12.1 Å². The minimum atomic E-state index is -0.509. The molecule has 0 saturated carbocycles. The molecular weight excluding hydrogens is 499 g/mol. The Hall–Kier alpha value is -1.75. The summed E-state index contributed by atoms with van der Waals surface area (Å²) in [5, 5.41) is 9.24. The highest BCUT2D eigenvalue weighted by atomic mass is 127. The van der Waals surface area contributed by atoms with Crippen LogP contribution in [0.4, 0.5) is 4.79 Å². The number of nitrogens with zero attached hydrogens (tertiary/aromatic N) is 1. The van der Waals surface area contributed by atoms with Gasteiger partial charge in [0.05, 0.1) is 13.7 Å². The second-order valence-electron chi connectivity index (χ2n) is 7.35. The number of hydrogen-bond donors (Lipinski definition) is 3. The highest BCUT2D eigenvalue weighted by molar-refractivity contribution is 14.0. The van der Waals surface area contributed by atoms with Crippen molar-refractivity contribution in [3.8, 4) is 5.75 Å². The molecule has 1 amide bonds. The molecule has 30 heavy (non-hydrogen) atoms. The summed E-state index contributed by atoms with van der Waals surface area (Å²) < 4.78 is 15.8. The maximum atomic E-state index is 11.7. The number of alkyl carbamates (subject to hydrolysis) is 1. The largest absolute Gasteiger partial charge is 0.497 e. The molecule has 0 bridgehead atoms. The lowest BCUT2D eigenvalue weighted by molar-refractivity contribution is 0.0529. The van der Waals surface area contributed by atoms with Gasteiger partial charge in [-0.25, -0.2) is 9.79 Å². The first-order valence-corrected chi connectivity index (χ1v) is 10.0. The molecule has 1 aromatic carbocycles. The highest BCUT2D eigenvalue weighted by Gasteiger charge is 2.15. The molecule has 0 aromatic heterocycles. The van der Waals surface area contributed by atoms with Crippen molar-refractivity contribution < 1.29 is 19.0 Å². The Morgan fingerprint density at radius 2 is 1.67 bits per heavy atom. The molecule has 0 fully saturated rings. The molecule has 9 heteroatoms. The molecule has 0 spiro atoms. The fourth-order valence-electron chi connectivity index (χ4n) is 2.26. The van der Waals surface area contributed by atoms with Gasteiger partial charge < -0.3 is 30.2 Å². The van der Waals surface area contributed by atoms with Crippen LogP contribution in [0, 0.1) is 0 Å². The van der Waals surface area contributed by atoms with E-state index in [1.54, 1.807) is 7.11 Å². The zero-order valence-electron chi connectivity index (χ0n) is 18.7. The van der Waals surface area contributed by atoms with Crippen LogP contribution in [-0.4, -0.2) is 57.6 Å². The predicted molar refractivity (Wildman–Crippen MR) is 131 cm³/mol. The Bertz CT molecular complexity index is 618. The van der Waals surface area contributed by atoms with Crippen molar-refractivity contribution in [2.45, 2.75) is 46.3 Å². The van der Waals surface area contributed by atoms with Gasteiger partial charge in [0.15, 0.2) is 5.96 Å². The van der Waals surface area contributed by atoms with E-state index >= 15 is 0 Å². The first-order chi connectivity index (χ1) is 13.8. The number of ether oxygens (including phenoxy) is 3. The summed E-state index contributed by atoms with van der Waals surface area (Å²) >= 11 is 0. The van der Waals surface area contributed by atoms with Gasteiger partial charge in [0.2, 0.25) is 0 Å². The van der Waals surface area contributed by atoms with E-state index < -0.39 is 11.7 Å². The summed E-state index contributed by atoms with van der Waals surface area (Å²) in [6.45, 7) is 11.1. The molecular formula is C21H37IN4O4. The van der Waals surface area contributed by atoms with Gasteiger partial charge in [-0.2, -0.15) is 0 Å². The number of aliphatic imine (C=N–C) groups is 1. The molecule has 1 aromatic rings. The topological polar surface area (TPSA) is 93.2 Å². The number of rotatable bonds is 11. The van der Waals surface area contributed by atoms with E-state index in [2.05, 4.69) is 20.9 Å². The number of halogens is 1. The molecule has 8 nitrogen and oxygen atoms in total. The van der Waals surface area contributed by atoms with Gasteiger partial charge in [0, 0.05) is 32.8 Å². The zero-order valence-corrected chi connectivity index (χ0v) is 21.1. The number of nitrogens with one attached hydrogen (secondary N) is 3. The average Bonchev–Trinajstić information content (AvgIpc) is 2.67. The molecule has 0 unspecified atom stereocenters. The third-order valence-corrected chi connectivity index (χ3v) is 3.63. The van der Waals surface area contributed by atoms with Crippen LogP contribution in [0.2, 0.25) is 0 Å².